The number of Topliss-reactive ketones (excluding diaryl/α,β-unsaturated/α-hetero) is 1. The number of carbonyl (C=O) groups is 3. The molecule has 2 amide bonds. The Hall–Kier alpha value is -1.71. The van der Waals surface area contributed by atoms with Crippen molar-refractivity contribution in [1.82, 2.24) is 4.90 Å². The molecule has 1 unspecified atom stereocenters. The minimum absolute atomic E-state index is 0.105. The van der Waals surface area contributed by atoms with Crippen molar-refractivity contribution >= 4 is 18.0 Å². The van der Waals surface area contributed by atoms with Gasteiger partial charge in [0.25, 0.3) is 5.79 Å². The molecule has 3 fully saturated rings. The third-order valence-electron chi connectivity index (χ3n) is 3.84. The van der Waals surface area contributed by atoms with Crippen LogP contribution in [0.15, 0.2) is 0 Å². The summed E-state index contributed by atoms with van der Waals surface area (Å²) in [5.41, 5.74) is -0.789. The van der Waals surface area contributed by atoms with Crippen molar-refractivity contribution in [3.05, 3.63) is 0 Å². The Morgan fingerprint density at radius 1 is 1.25 bits per heavy atom. The molecule has 1 spiro atoms. The highest BCUT2D eigenvalue weighted by Gasteiger charge is 2.64. The molecule has 0 bridgehead atoms. The zero-order valence-corrected chi connectivity index (χ0v) is 14.3. The summed E-state index contributed by atoms with van der Waals surface area (Å²) in [4.78, 5) is 37.8. The van der Waals surface area contributed by atoms with Crippen molar-refractivity contribution in [1.29, 1.82) is 0 Å². The van der Waals surface area contributed by atoms with Gasteiger partial charge in [0, 0.05) is 0 Å². The van der Waals surface area contributed by atoms with E-state index in [1.807, 2.05) is 0 Å². The number of ketones is 1. The van der Waals surface area contributed by atoms with Crippen LogP contribution in [0, 0.1) is 0 Å². The Morgan fingerprint density at radius 3 is 2.46 bits per heavy atom. The van der Waals surface area contributed by atoms with Crippen LogP contribution in [0.3, 0.4) is 0 Å². The Labute approximate surface area is 139 Å². The molecule has 0 aliphatic carbocycles. The highest BCUT2D eigenvalue weighted by molar-refractivity contribution is 5.99. The van der Waals surface area contributed by atoms with Gasteiger partial charge in [-0.25, -0.2) is 14.5 Å². The zero-order valence-electron chi connectivity index (χ0n) is 14.3. The van der Waals surface area contributed by atoms with E-state index in [0.29, 0.717) is 0 Å². The lowest BCUT2D eigenvalue weighted by atomic mass is 9.97. The van der Waals surface area contributed by atoms with Crippen LogP contribution in [0.1, 0.15) is 34.6 Å². The lowest BCUT2D eigenvalue weighted by Gasteiger charge is -2.36. The quantitative estimate of drug-likeness (QED) is 0.646. The number of carbonyl (C=O) groups excluding carboxylic acids is 3. The second-order valence-electron chi connectivity index (χ2n) is 7.44. The fourth-order valence-corrected chi connectivity index (χ4v) is 2.85. The standard InChI is InChI=1S/C15H21NO8/c1-13(2,3)23-12(19)16-8-6-20-15(7-21-14(4,5)24-15)10(17)9(8)22-11(16)18/h8-9H,6-7H2,1-5H3/t8-,9?,15+/m1/s1. The highest BCUT2D eigenvalue weighted by Crippen LogP contribution is 2.39. The van der Waals surface area contributed by atoms with Crippen molar-refractivity contribution in [2.45, 2.75) is 63.9 Å². The van der Waals surface area contributed by atoms with Gasteiger partial charge in [-0.05, 0) is 34.6 Å². The predicted octanol–water partition coefficient (Wildman–Crippen LogP) is 1.19. The molecule has 0 aromatic rings. The molecule has 24 heavy (non-hydrogen) atoms. The monoisotopic (exact) mass is 343 g/mol. The van der Waals surface area contributed by atoms with E-state index in [1.54, 1.807) is 34.6 Å². The van der Waals surface area contributed by atoms with Gasteiger partial charge in [-0.15, -0.1) is 0 Å². The average Bonchev–Trinajstić information content (AvgIpc) is 2.91. The number of rotatable bonds is 0. The maximum Gasteiger partial charge on any atom is 0.420 e. The molecular formula is C15H21NO8. The van der Waals surface area contributed by atoms with E-state index >= 15 is 0 Å². The summed E-state index contributed by atoms with van der Waals surface area (Å²) in [5, 5.41) is 0. The Balaban J connectivity index is 1.80. The SMILES string of the molecule is CC(C)(C)OC(=O)N1C(=O)OC2C(=O)[C@@]3(COC(C)(C)O3)OC[C@H]21. The summed E-state index contributed by atoms with van der Waals surface area (Å²) >= 11 is 0. The van der Waals surface area contributed by atoms with Crippen molar-refractivity contribution in [3.8, 4) is 0 Å². The van der Waals surface area contributed by atoms with Crippen LogP contribution in [-0.2, 0) is 28.5 Å². The number of hydrogen-bond acceptors (Lipinski definition) is 8. The van der Waals surface area contributed by atoms with Gasteiger partial charge in [0.1, 0.15) is 18.2 Å². The molecule has 9 heteroatoms. The zero-order chi connectivity index (χ0) is 17.9. The summed E-state index contributed by atoms with van der Waals surface area (Å²) < 4.78 is 26.9. The topological polar surface area (TPSA) is 101 Å². The summed E-state index contributed by atoms with van der Waals surface area (Å²) in [7, 11) is 0. The van der Waals surface area contributed by atoms with E-state index in [9.17, 15) is 14.4 Å². The third kappa shape index (κ3) is 2.76. The summed E-state index contributed by atoms with van der Waals surface area (Å²) in [6.45, 7) is 8.11. The molecule has 3 aliphatic rings. The maximum atomic E-state index is 12.7. The van der Waals surface area contributed by atoms with Crippen molar-refractivity contribution in [2.75, 3.05) is 13.2 Å². The van der Waals surface area contributed by atoms with E-state index in [-0.39, 0.29) is 13.2 Å². The largest absolute Gasteiger partial charge is 0.443 e. The lowest BCUT2D eigenvalue weighted by Crippen LogP contribution is -2.61. The summed E-state index contributed by atoms with van der Waals surface area (Å²) in [5.74, 6) is -3.19. The lowest BCUT2D eigenvalue weighted by molar-refractivity contribution is -0.260. The van der Waals surface area contributed by atoms with Crippen LogP contribution in [-0.4, -0.2) is 65.4 Å². The maximum absolute atomic E-state index is 12.7. The van der Waals surface area contributed by atoms with E-state index in [2.05, 4.69) is 0 Å². The number of amides is 2. The third-order valence-corrected chi connectivity index (χ3v) is 3.84. The summed E-state index contributed by atoms with van der Waals surface area (Å²) in [6.07, 6.45) is -2.99. The van der Waals surface area contributed by atoms with Gasteiger partial charge in [0.15, 0.2) is 11.9 Å². The van der Waals surface area contributed by atoms with E-state index < -0.39 is 47.3 Å². The number of ether oxygens (including phenoxy) is 5. The van der Waals surface area contributed by atoms with Crippen LogP contribution in [0.2, 0.25) is 0 Å². The molecule has 0 aromatic carbocycles. The molecule has 9 nitrogen and oxygen atoms in total. The predicted molar refractivity (Wildman–Crippen MR) is 76.9 cm³/mol. The van der Waals surface area contributed by atoms with Crippen LogP contribution >= 0.6 is 0 Å². The first kappa shape index (κ1) is 17.1. The van der Waals surface area contributed by atoms with Gasteiger partial charge in [-0.2, -0.15) is 0 Å². The van der Waals surface area contributed by atoms with Gasteiger partial charge >= 0.3 is 12.2 Å². The Morgan fingerprint density at radius 2 is 1.92 bits per heavy atom. The number of nitrogens with zero attached hydrogens (tertiary/aromatic N) is 1. The number of hydrogen-bond donors (Lipinski definition) is 0. The highest BCUT2D eigenvalue weighted by atomic mass is 16.8. The van der Waals surface area contributed by atoms with Crippen molar-refractivity contribution in [3.63, 3.8) is 0 Å². The molecule has 3 rings (SSSR count). The minimum Gasteiger partial charge on any atom is -0.443 e. The second-order valence-corrected chi connectivity index (χ2v) is 7.44. The Bertz CT molecular complexity index is 595. The molecule has 0 saturated carbocycles. The molecule has 134 valence electrons. The van der Waals surface area contributed by atoms with E-state index in [0.717, 1.165) is 4.90 Å². The average molecular weight is 343 g/mol. The van der Waals surface area contributed by atoms with E-state index in [4.69, 9.17) is 23.7 Å². The molecule has 3 heterocycles. The second kappa shape index (κ2) is 5.14. The molecule has 0 N–H and O–H groups in total. The van der Waals surface area contributed by atoms with Crippen LogP contribution < -0.4 is 0 Å². The summed E-state index contributed by atoms with van der Waals surface area (Å²) in [6, 6.07) is -0.891. The molecule has 0 aromatic heterocycles. The number of imide groups is 1. The molecule has 3 saturated heterocycles. The minimum atomic E-state index is -1.62. The first-order valence-electron chi connectivity index (χ1n) is 7.69. The molecule has 3 atom stereocenters. The smallest absolute Gasteiger partial charge is 0.420 e. The van der Waals surface area contributed by atoms with Crippen LogP contribution in [0.5, 0.6) is 0 Å². The van der Waals surface area contributed by atoms with Gasteiger partial charge in [0.2, 0.25) is 5.78 Å². The van der Waals surface area contributed by atoms with Crippen molar-refractivity contribution in [2.24, 2.45) is 0 Å². The fourth-order valence-electron chi connectivity index (χ4n) is 2.85. The fraction of sp³-hybridized carbons (Fsp3) is 0.800. The van der Waals surface area contributed by atoms with Gasteiger partial charge in [-0.1, -0.05) is 0 Å². The first-order chi connectivity index (χ1) is 10.9. The molecular weight excluding hydrogens is 322 g/mol. The van der Waals surface area contributed by atoms with Gasteiger partial charge in [-0.3, -0.25) is 4.79 Å². The molecule has 3 aliphatic heterocycles. The normalized spacial score (nSPS) is 35.1. The number of fused-ring (bicyclic) bond motifs is 1. The van der Waals surface area contributed by atoms with Crippen molar-refractivity contribution < 1.29 is 38.1 Å². The van der Waals surface area contributed by atoms with Crippen LogP contribution in [0.25, 0.3) is 0 Å². The van der Waals surface area contributed by atoms with Gasteiger partial charge in [0.05, 0.1) is 6.61 Å². The first-order valence-corrected chi connectivity index (χ1v) is 7.69. The van der Waals surface area contributed by atoms with E-state index in [1.165, 1.54) is 0 Å². The van der Waals surface area contributed by atoms with Gasteiger partial charge < -0.3 is 23.7 Å². The Kier molecular flexibility index (Phi) is 3.67. The molecule has 0 radical (unpaired) electrons. The van der Waals surface area contributed by atoms with Crippen LogP contribution in [0.4, 0.5) is 9.59 Å².